The number of anilines is 4. The SMILES string of the molecule is CCS(=O)(=O)Nc1ccc(C(=O)Nc2cc3c(c(N4CCC(F)(F)CC4)c2)OCC3)c(N2CCC3C(C2)C3(F)F)c1. The summed E-state index contributed by atoms with van der Waals surface area (Å²) in [6.07, 6.45) is 0.337. The number of amides is 1. The fourth-order valence-corrected chi connectivity index (χ4v) is 6.74. The van der Waals surface area contributed by atoms with Crippen molar-refractivity contribution in [1.82, 2.24) is 0 Å². The number of hydrogen-bond acceptors (Lipinski definition) is 6. The van der Waals surface area contributed by atoms with E-state index in [1.54, 1.807) is 17.0 Å². The highest BCUT2D eigenvalue weighted by atomic mass is 32.2. The third-order valence-electron chi connectivity index (χ3n) is 8.59. The van der Waals surface area contributed by atoms with Crippen LogP contribution in [0.1, 0.15) is 42.1 Å². The van der Waals surface area contributed by atoms with Crippen LogP contribution in [-0.2, 0) is 16.4 Å². The average Bonchev–Trinajstić information content (AvgIpc) is 3.22. The van der Waals surface area contributed by atoms with Gasteiger partial charge in [-0.2, -0.15) is 0 Å². The summed E-state index contributed by atoms with van der Waals surface area (Å²) in [5.74, 6) is -6.93. The number of nitrogens with zero attached hydrogens (tertiary/aromatic N) is 2. The monoisotopic (exact) mass is 596 g/mol. The lowest BCUT2D eigenvalue weighted by atomic mass is 10.0. The molecule has 2 unspecified atom stereocenters. The second-order valence-corrected chi connectivity index (χ2v) is 13.2. The zero-order chi connectivity index (χ0) is 29.2. The molecule has 3 heterocycles. The summed E-state index contributed by atoms with van der Waals surface area (Å²) in [6, 6.07) is 7.98. The van der Waals surface area contributed by atoms with Crippen molar-refractivity contribution in [3.05, 3.63) is 41.5 Å². The zero-order valence-electron chi connectivity index (χ0n) is 22.6. The molecule has 0 spiro atoms. The number of halogens is 4. The number of alkyl halides is 4. The third-order valence-corrected chi connectivity index (χ3v) is 9.89. The molecule has 3 aliphatic heterocycles. The number of piperidine rings is 2. The van der Waals surface area contributed by atoms with Crippen molar-refractivity contribution in [2.45, 2.75) is 44.5 Å². The van der Waals surface area contributed by atoms with E-state index in [1.807, 2.05) is 4.90 Å². The van der Waals surface area contributed by atoms with Crippen molar-refractivity contribution in [2.24, 2.45) is 11.8 Å². The van der Waals surface area contributed by atoms with Crippen LogP contribution in [0.15, 0.2) is 30.3 Å². The summed E-state index contributed by atoms with van der Waals surface area (Å²) in [4.78, 5) is 17.2. The van der Waals surface area contributed by atoms with Gasteiger partial charge in [0, 0.05) is 68.5 Å². The summed E-state index contributed by atoms with van der Waals surface area (Å²) < 4.78 is 88.6. The van der Waals surface area contributed by atoms with Crippen LogP contribution < -0.4 is 24.6 Å². The smallest absolute Gasteiger partial charge is 0.257 e. The predicted octanol–water partition coefficient (Wildman–Crippen LogP) is 4.96. The molecule has 2 atom stereocenters. The molecule has 8 nitrogen and oxygen atoms in total. The fourth-order valence-electron chi connectivity index (χ4n) is 6.11. The van der Waals surface area contributed by atoms with E-state index in [-0.39, 0.29) is 55.9 Å². The van der Waals surface area contributed by atoms with Crippen LogP contribution in [0.2, 0.25) is 0 Å². The lowest BCUT2D eigenvalue weighted by Gasteiger charge is -2.34. The lowest BCUT2D eigenvalue weighted by molar-refractivity contribution is -0.0221. The second-order valence-electron chi connectivity index (χ2n) is 11.2. The van der Waals surface area contributed by atoms with E-state index in [4.69, 9.17) is 4.74 Å². The largest absolute Gasteiger partial charge is 0.491 e. The maximum atomic E-state index is 14.2. The first-order chi connectivity index (χ1) is 19.4. The molecule has 0 bridgehead atoms. The van der Waals surface area contributed by atoms with Gasteiger partial charge in [-0.15, -0.1) is 0 Å². The minimum Gasteiger partial charge on any atom is -0.491 e. The molecule has 41 heavy (non-hydrogen) atoms. The molecular formula is C28H32F4N4O4S. The zero-order valence-corrected chi connectivity index (χ0v) is 23.4. The Morgan fingerprint density at radius 3 is 2.44 bits per heavy atom. The first-order valence-corrected chi connectivity index (χ1v) is 15.5. The number of carbonyl (C=O) groups excluding carboxylic acids is 1. The van der Waals surface area contributed by atoms with Gasteiger partial charge in [-0.05, 0) is 43.7 Å². The van der Waals surface area contributed by atoms with Crippen LogP contribution in [0.25, 0.3) is 0 Å². The molecule has 1 saturated carbocycles. The minimum atomic E-state index is -3.60. The molecule has 1 aliphatic carbocycles. The molecule has 4 aliphatic rings. The first kappa shape index (κ1) is 27.9. The Bertz CT molecular complexity index is 1480. The first-order valence-electron chi connectivity index (χ1n) is 13.9. The Morgan fingerprint density at radius 2 is 1.73 bits per heavy atom. The van der Waals surface area contributed by atoms with Crippen molar-refractivity contribution in [3.8, 4) is 5.75 Å². The van der Waals surface area contributed by atoms with E-state index in [9.17, 15) is 30.8 Å². The van der Waals surface area contributed by atoms with Crippen molar-refractivity contribution in [3.63, 3.8) is 0 Å². The van der Waals surface area contributed by atoms with Crippen LogP contribution in [0.3, 0.4) is 0 Å². The molecule has 2 N–H and O–H groups in total. The van der Waals surface area contributed by atoms with Gasteiger partial charge in [-0.1, -0.05) is 0 Å². The maximum absolute atomic E-state index is 14.2. The Balaban J connectivity index is 1.29. The van der Waals surface area contributed by atoms with Crippen molar-refractivity contribution in [1.29, 1.82) is 0 Å². The van der Waals surface area contributed by atoms with Crippen LogP contribution in [0.4, 0.5) is 40.3 Å². The molecule has 6 rings (SSSR count). The topological polar surface area (TPSA) is 91.0 Å². The van der Waals surface area contributed by atoms with Crippen molar-refractivity contribution >= 4 is 38.7 Å². The lowest BCUT2D eigenvalue weighted by Crippen LogP contribution is -2.39. The average molecular weight is 597 g/mol. The molecule has 222 valence electrons. The third kappa shape index (κ3) is 5.40. The highest BCUT2D eigenvalue weighted by molar-refractivity contribution is 7.92. The number of fused-ring (bicyclic) bond motifs is 2. The van der Waals surface area contributed by atoms with E-state index in [1.165, 1.54) is 25.1 Å². The molecule has 2 aromatic rings. The Morgan fingerprint density at radius 1 is 1.00 bits per heavy atom. The van der Waals surface area contributed by atoms with Gasteiger partial charge in [0.15, 0.2) is 0 Å². The molecular weight excluding hydrogens is 564 g/mol. The van der Waals surface area contributed by atoms with Gasteiger partial charge in [0.2, 0.25) is 10.0 Å². The summed E-state index contributed by atoms with van der Waals surface area (Å²) in [7, 11) is -3.60. The van der Waals surface area contributed by atoms with E-state index in [0.717, 1.165) is 5.56 Å². The number of hydrogen-bond donors (Lipinski definition) is 2. The Hall–Kier alpha value is -3.22. The van der Waals surface area contributed by atoms with E-state index >= 15 is 0 Å². The molecule has 0 radical (unpaired) electrons. The summed E-state index contributed by atoms with van der Waals surface area (Å²) in [5.41, 5.74) is 2.78. The van der Waals surface area contributed by atoms with E-state index < -0.39 is 39.6 Å². The standard InChI is InChI=1S/C28H32F4N4O4S/c1-2-41(38,39)34-18-3-4-20(23(14-18)36-9-5-21-22(16-36)28(21,31)32)26(37)33-19-13-17-6-12-40-25(17)24(15-19)35-10-7-27(29,30)8-11-35/h3-4,13-15,21-22,34H,2,5-12,16H2,1H3,(H,33,37). The molecule has 2 aromatic carbocycles. The summed E-state index contributed by atoms with van der Waals surface area (Å²) in [5, 5.41) is 2.90. The number of benzene rings is 2. The minimum absolute atomic E-state index is 0.0574. The van der Waals surface area contributed by atoms with Crippen LogP contribution in [0, 0.1) is 11.8 Å². The molecule has 0 aromatic heterocycles. The maximum Gasteiger partial charge on any atom is 0.257 e. The number of nitrogens with one attached hydrogen (secondary N) is 2. The molecule has 13 heteroatoms. The highest BCUT2D eigenvalue weighted by Crippen LogP contribution is 2.59. The Kier molecular flexibility index (Phi) is 6.78. The van der Waals surface area contributed by atoms with Gasteiger partial charge in [0.05, 0.1) is 35.0 Å². The van der Waals surface area contributed by atoms with Crippen molar-refractivity contribution < 1.29 is 35.5 Å². The highest BCUT2D eigenvalue weighted by Gasteiger charge is 2.69. The molecule has 2 saturated heterocycles. The molecule has 3 fully saturated rings. The number of carbonyl (C=O) groups is 1. The number of sulfonamides is 1. The van der Waals surface area contributed by atoms with Gasteiger partial charge in [0.25, 0.3) is 17.8 Å². The van der Waals surface area contributed by atoms with Gasteiger partial charge in [-0.25, -0.2) is 26.0 Å². The van der Waals surface area contributed by atoms with Crippen LogP contribution >= 0.6 is 0 Å². The van der Waals surface area contributed by atoms with Crippen molar-refractivity contribution in [2.75, 3.05) is 58.4 Å². The quantitative estimate of drug-likeness (QED) is 0.439. The normalized spacial score (nSPS) is 24.2. The number of rotatable bonds is 7. The summed E-state index contributed by atoms with van der Waals surface area (Å²) in [6.45, 7) is 2.62. The number of ether oxygens (including phenoxy) is 1. The van der Waals surface area contributed by atoms with E-state index in [0.29, 0.717) is 42.4 Å². The van der Waals surface area contributed by atoms with Crippen LogP contribution in [0.5, 0.6) is 5.75 Å². The summed E-state index contributed by atoms with van der Waals surface area (Å²) >= 11 is 0. The molecule has 1 amide bonds. The second kappa shape index (κ2) is 9.95. The van der Waals surface area contributed by atoms with Gasteiger partial charge in [-0.3, -0.25) is 9.52 Å². The van der Waals surface area contributed by atoms with Crippen LogP contribution in [-0.4, -0.2) is 64.7 Å². The van der Waals surface area contributed by atoms with Gasteiger partial charge < -0.3 is 19.9 Å². The van der Waals surface area contributed by atoms with E-state index in [2.05, 4.69) is 10.0 Å². The fraction of sp³-hybridized carbons (Fsp3) is 0.536. The Labute approximate surface area is 236 Å². The predicted molar refractivity (Wildman–Crippen MR) is 148 cm³/mol. The van der Waals surface area contributed by atoms with Gasteiger partial charge >= 0.3 is 0 Å². The van der Waals surface area contributed by atoms with Gasteiger partial charge in [0.1, 0.15) is 5.75 Å².